The van der Waals surface area contributed by atoms with E-state index in [9.17, 15) is 9.90 Å². The van der Waals surface area contributed by atoms with Gasteiger partial charge in [-0.05, 0) is 37.2 Å². The number of carbonyl (C=O) groups is 1. The van der Waals surface area contributed by atoms with E-state index in [1.165, 1.54) is 18.2 Å². The zero-order valence-corrected chi connectivity index (χ0v) is 24.1. The van der Waals surface area contributed by atoms with Crippen LogP contribution in [-0.2, 0) is 15.1 Å². The summed E-state index contributed by atoms with van der Waals surface area (Å²) in [5.74, 6) is -1.15. The van der Waals surface area contributed by atoms with E-state index in [0.717, 1.165) is 31.2 Å². The summed E-state index contributed by atoms with van der Waals surface area (Å²) in [6.45, 7) is 4.23. The number of aliphatic hydroxyl groups excluding tert-OH is 1. The van der Waals surface area contributed by atoms with Gasteiger partial charge in [0.15, 0.2) is 11.8 Å². The molecule has 5 rings (SSSR count). The van der Waals surface area contributed by atoms with Crippen molar-refractivity contribution in [2.24, 2.45) is 11.7 Å². The first-order valence-corrected chi connectivity index (χ1v) is 14.6. The quantitative estimate of drug-likeness (QED) is 0.358. The van der Waals surface area contributed by atoms with E-state index >= 15 is 8.78 Å². The van der Waals surface area contributed by atoms with Gasteiger partial charge in [-0.3, -0.25) is 4.79 Å². The van der Waals surface area contributed by atoms with Crippen molar-refractivity contribution >= 4 is 23.1 Å². The van der Waals surface area contributed by atoms with Crippen LogP contribution in [0.25, 0.3) is 5.57 Å². The first-order chi connectivity index (χ1) is 19.7. The fourth-order valence-electron chi connectivity index (χ4n) is 6.50. The molecule has 2 aliphatic carbocycles. The number of fused-ring (bicyclic) bond motifs is 1. The number of halogens is 3. The van der Waals surface area contributed by atoms with E-state index in [2.05, 4.69) is 12.2 Å². The lowest BCUT2D eigenvalue weighted by Crippen LogP contribution is -2.47. The highest BCUT2D eigenvalue weighted by atomic mass is 35.5. The van der Waals surface area contributed by atoms with Gasteiger partial charge in [0.1, 0.15) is 17.7 Å². The highest BCUT2D eigenvalue weighted by molar-refractivity contribution is 6.33. The molecular weight excluding hydrogens is 550 g/mol. The topological polar surface area (TPSA) is 93.8 Å². The Balaban J connectivity index is 1.62. The third-order valence-electron chi connectivity index (χ3n) is 8.82. The van der Waals surface area contributed by atoms with Gasteiger partial charge in [0.05, 0.1) is 18.2 Å². The lowest BCUT2D eigenvalue weighted by Gasteiger charge is -2.37. The minimum atomic E-state index is -1.89. The normalized spacial score (nSPS) is 29.4. The summed E-state index contributed by atoms with van der Waals surface area (Å²) >= 11 is 6.61. The van der Waals surface area contributed by atoms with Crippen LogP contribution in [0.2, 0.25) is 5.02 Å². The first kappa shape index (κ1) is 29.7. The molecule has 4 atom stereocenters. The van der Waals surface area contributed by atoms with Gasteiger partial charge in [-0.25, -0.2) is 8.78 Å². The van der Waals surface area contributed by atoms with E-state index in [4.69, 9.17) is 26.8 Å². The summed E-state index contributed by atoms with van der Waals surface area (Å²) in [6.07, 6.45) is 4.14. The standard InChI is InChI=1S/C32H37ClF2N2O4/c1-18-8-10-21(11-9-18)37-17-32(20-6-4-3-5-7-20)19(2)26-25(41-32)16-23(34)29(33)28(26)27-22(31(36)39)12-13-24(30(27)35)40-15-14-38/h3-7,12-13,16,18-19,21,24,30,37-38H,8-11,14-15,17H2,1-2H3,(H2,36,39)/t18-,19-,21+,24?,30?,32-/m0/s1. The van der Waals surface area contributed by atoms with Gasteiger partial charge in [0, 0.05) is 46.8 Å². The highest BCUT2D eigenvalue weighted by Crippen LogP contribution is 2.55. The first-order valence-electron chi connectivity index (χ1n) is 14.3. The van der Waals surface area contributed by atoms with Crippen molar-refractivity contribution in [3.8, 4) is 5.75 Å². The SMILES string of the molecule is C[C@H]1c2c(cc(F)c(Cl)c2C2=C(C(N)=O)C=CC(OCCO)C2F)O[C@]1(CN[C@H]1CC[C@@H](C)CC1)c1ccccc1. The molecule has 0 radical (unpaired) electrons. The van der Waals surface area contributed by atoms with Crippen LogP contribution in [0.3, 0.4) is 0 Å². The van der Waals surface area contributed by atoms with Crippen LogP contribution in [0, 0.1) is 11.7 Å². The maximum Gasteiger partial charge on any atom is 0.249 e. The second-order valence-electron chi connectivity index (χ2n) is 11.4. The molecule has 2 aromatic rings. The molecule has 0 spiro atoms. The van der Waals surface area contributed by atoms with Crippen molar-refractivity contribution in [1.29, 1.82) is 0 Å². The van der Waals surface area contributed by atoms with Crippen LogP contribution >= 0.6 is 11.6 Å². The van der Waals surface area contributed by atoms with E-state index in [1.54, 1.807) is 0 Å². The van der Waals surface area contributed by atoms with Gasteiger partial charge >= 0.3 is 0 Å². The number of aliphatic hydroxyl groups is 1. The van der Waals surface area contributed by atoms with Crippen molar-refractivity contribution in [2.75, 3.05) is 19.8 Å². The lowest BCUT2D eigenvalue weighted by atomic mass is 9.76. The Hall–Kier alpha value is -2.78. The summed E-state index contributed by atoms with van der Waals surface area (Å²) in [6, 6.07) is 11.3. The Morgan fingerprint density at radius 3 is 2.59 bits per heavy atom. The van der Waals surface area contributed by atoms with Crippen molar-refractivity contribution in [3.63, 3.8) is 0 Å². The molecule has 220 valence electrons. The van der Waals surface area contributed by atoms with Gasteiger partial charge in [0.25, 0.3) is 0 Å². The smallest absolute Gasteiger partial charge is 0.249 e. The average molecular weight is 587 g/mol. The Morgan fingerprint density at radius 1 is 1.22 bits per heavy atom. The summed E-state index contributed by atoms with van der Waals surface area (Å²) in [4.78, 5) is 12.5. The number of hydrogen-bond donors (Lipinski definition) is 3. The second kappa shape index (κ2) is 12.2. The molecule has 6 nitrogen and oxygen atoms in total. The maximum absolute atomic E-state index is 16.2. The van der Waals surface area contributed by atoms with Crippen LogP contribution < -0.4 is 15.8 Å². The van der Waals surface area contributed by atoms with Gasteiger partial charge < -0.3 is 25.6 Å². The second-order valence-corrected chi connectivity index (χ2v) is 11.8. The fourth-order valence-corrected chi connectivity index (χ4v) is 6.76. The van der Waals surface area contributed by atoms with E-state index in [-0.39, 0.29) is 40.7 Å². The molecule has 9 heteroatoms. The van der Waals surface area contributed by atoms with Crippen LogP contribution in [-0.4, -0.2) is 49.1 Å². The van der Waals surface area contributed by atoms with Crippen LogP contribution in [0.15, 0.2) is 54.1 Å². The number of rotatable bonds is 9. The van der Waals surface area contributed by atoms with Crippen molar-refractivity contribution in [2.45, 2.75) is 69.4 Å². The molecule has 1 saturated carbocycles. The molecule has 2 aromatic carbocycles. The number of amides is 1. The predicted molar refractivity (Wildman–Crippen MR) is 155 cm³/mol. The third-order valence-corrected chi connectivity index (χ3v) is 9.19. The lowest BCUT2D eigenvalue weighted by molar-refractivity contribution is -0.114. The molecule has 41 heavy (non-hydrogen) atoms. The Bertz CT molecular complexity index is 1340. The maximum atomic E-state index is 16.2. The highest BCUT2D eigenvalue weighted by Gasteiger charge is 2.51. The van der Waals surface area contributed by atoms with Crippen LogP contribution in [0.4, 0.5) is 8.78 Å². The number of ether oxygens (including phenoxy) is 2. The fraction of sp³-hybridized carbons (Fsp3) is 0.469. The van der Waals surface area contributed by atoms with E-state index in [1.807, 2.05) is 37.3 Å². The molecule has 0 bridgehead atoms. The van der Waals surface area contributed by atoms with Crippen LogP contribution in [0.1, 0.15) is 62.1 Å². The average Bonchev–Trinajstić information content (AvgIpc) is 3.25. The number of nitrogens with one attached hydrogen (secondary N) is 1. The minimum absolute atomic E-state index is 0.0571. The van der Waals surface area contributed by atoms with Crippen molar-refractivity contribution < 1.29 is 28.2 Å². The molecule has 1 amide bonds. The molecule has 0 aromatic heterocycles. The largest absolute Gasteiger partial charge is 0.480 e. The molecule has 1 heterocycles. The van der Waals surface area contributed by atoms with Crippen molar-refractivity contribution in [3.05, 3.63) is 81.7 Å². The molecule has 1 fully saturated rings. The van der Waals surface area contributed by atoms with Gasteiger partial charge in [-0.1, -0.05) is 67.9 Å². The molecule has 4 N–H and O–H groups in total. The molecular formula is C32H37ClF2N2O4. The Kier molecular flexibility index (Phi) is 8.85. The monoisotopic (exact) mass is 586 g/mol. The zero-order valence-electron chi connectivity index (χ0n) is 23.3. The predicted octanol–water partition coefficient (Wildman–Crippen LogP) is 5.56. The number of primary amides is 1. The number of carbonyl (C=O) groups excluding carboxylic acids is 1. The number of hydrogen-bond acceptors (Lipinski definition) is 5. The summed E-state index contributed by atoms with van der Waals surface area (Å²) in [7, 11) is 0. The number of nitrogens with two attached hydrogens (primary N) is 1. The number of benzene rings is 2. The van der Waals surface area contributed by atoms with E-state index in [0.29, 0.717) is 24.1 Å². The summed E-state index contributed by atoms with van der Waals surface area (Å²) < 4.78 is 43.9. The van der Waals surface area contributed by atoms with Crippen molar-refractivity contribution in [1.82, 2.24) is 5.32 Å². The van der Waals surface area contributed by atoms with Crippen LogP contribution in [0.5, 0.6) is 5.75 Å². The molecule has 3 aliphatic rings. The zero-order chi connectivity index (χ0) is 29.3. The Morgan fingerprint density at radius 2 is 1.93 bits per heavy atom. The number of alkyl halides is 1. The van der Waals surface area contributed by atoms with Gasteiger partial charge in [0.2, 0.25) is 5.91 Å². The summed E-state index contributed by atoms with van der Waals surface area (Å²) in [5.41, 5.74) is 5.92. The molecule has 0 saturated heterocycles. The molecule has 1 aliphatic heterocycles. The summed E-state index contributed by atoms with van der Waals surface area (Å²) in [5, 5.41) is 12.6. The third kappa shape index (κ3) is 5.55. The molecule has 2 unspecified atom stereocenters. The van der Waals surface area contributed by atoms with Gasteiger partial charge in [-0.2, -0.15) is 0 Å². The van der Waals surface area contributed by atoms with Gasteiger partial charge in [-0.15, -0.1) is 0 Å². The Labute approximate surface area is 244 Å². The minimum Gasteiger partial charge on any atom is -0.480 e. The van der Waals surface area contributed by atoms with E-state index < -0.39 is 35.5 Å².